The predicted octanol–water partition coefficient (Wildman–Crippen LogP) is 4.51. The zero-order valence-corrected chi connectivity index (χ0v) is 21.6. The number of nitrogens with zero attached hydrogens (tertiary/aromatic N) is 3. The molecular formula is C29H29N5O4. The third-order valence-corrected chi connectivity index (χ3v) is 6.67. The molecule has 0 atom stereocenters. The third-order valence-electron chi connectivity index (χ3n) is 6.67. The number of ether oxygens (including phenoxy) is 1. The van der Waals surface area contributed by atoms with Crippen molar-refractivity contribution in [1.82, 2.24) is 14.9 Å². The Morgan fingerprint density at radius 3 is 2.63 bits per heavy atom. The Morgan fingerprint density at radius 2 is 1.84 bits per heavy atom. The van der Waals surface area contributed by atoms with Crippen LogP contribution < -0.4 is 15.0 Å². The fraction of sp³-hybridized carbons (Fsp3) is 0.241. The summed E-state index contributed by atoms with van der Waals surface area (Å²) in [4.78, 5) is 49.8. The number of methoxy groups -OCH3 is 1. The first-order valence-electron chi connectivity index (χ1n) is 12.5. The summed E-state index contributed by atoms with van der Waals surface area (Å²) in [5.41, 5.74) is 4.34. The molecule has 0 bridgehead atoms. The van der Waals surface area contributed by atoms with E-state index in [2.05, 4.69) is 21.4 Å². The van der Waals surface area contributed by atoms with Gasteiger partial charge < -0.3 is 24.8 Å². The second-order valence-electron chi connectivity index (χ2n) is 9.40. The van der Waals surface area contributed by atoms with E-state index in [9.17, 15) is 14.4 Å². The highest BCUT2D eigenvalue weighted by molar-refractivity contribution is 6.12. The number of anilines is 2. The van der Waals surface area contributed by atoms with Gasteiger partial charge in [0.15, 0.2) is 5.82 Å². The second-order valence-corrected chi connectivity index (χ2v) is 9.40. The summed E-state index contributed by atoms with van der Waals surface area (Å²) in [6.07, 6.45) is 2.88. The lowest BCUT2D eigenvalue weighted by molar-refractivity contribution is 0.0817. The Hall–Kier alpha value is -4.66. The van der Waals surface area contributed by atoms with Crippen LogP contribution in [0.3, 0.4) is 0 Å². The van der Waals surface area contributed by atoms with Crippen LogP contribution in [0.4, 0.5) is 11.4 Å². The lowest BCUT2D eigenvalue weighted by Gasteiger charge is -2.23. The maximum atomic E-state index is 13.5. The summed E-state index contributed by atoms with van der Waals surface area (Å²) >= 11 is 0. The molecule has 0 unspecified atom stereocenters. The molecule has 1 aliphatic heterocycles. The van der Waals surface area contributed by atoms with Gasteiger partial charge in [0.25, 0.3) is 17.7 Å². The topological polar surface area (TPSA) is 108 Å². The Labute approximate surface area is 220 Å². The number of imidazole rings is 1. The first kappa shape index (κ1) is 25.0. The SMILES string of the molecule is COc1cc(C(=O)N2CCCCc3ccccc32)ccc1C(=O)Nc1cccc2[nH]c(C(=O)N(C)C)nc12. The number of aryl methyl sites for hydroxylation is 1. The number of carbonyl (C=O) groups is 3. The molecule has 2 heterocycles. The molecule has 5 rings (SSSR count). The molecule has 9 nitrogen and oxygen atoms in total. The van der Waals surface area contributed by atoms with Crippen LogP contribution in [0.2, 0.25) is 0 Å². The van der Waals surface area contributed by atoms with Gasteiger partial charge >= 0.3 is 0 Å². The zero-order valence-electron chi connectivity index (χ0n) is 21.6. The van der Waals surface area contributed by atoms with Crippen LogP contribution in [0.5, 0.6) is 5.75 Å². The van der Waals surface area contributed by atoms with Crippen LogP contribution in [0.1, 0.15) is 49.7 Å². The minimum absolute atomic E-state index is 0.135. The van der Waals surface area contributed by atoms with Gasteiger partial charge in [-0.2, -0.15) is 0 Å². The van der Waals surface area contributed by atoms with E-state index in [1.165, 1.54) is 12.0 Å². The van der Waals surface area contributed by atoms with Crippen molar-refractivity contribution in [2.45, 2.75) is 19.3 Å². The van der Waals surface area contributed by atoms with Crippen LogP contribution in [0, 0.1) is 0 Å². The summed E-state index contributed by atoms with van der Waals surface area (Å²) < 4.78 is 5.52. The van der Waals surface area contributed by atoms with E-state index in [1.54, 1.807) is 50.5 Å². The predicted molar refractivity (Wildman–Crippen MR) is 146 cm³/mol. The van der Waals surface area contributed by atoms with Crippen molar-refractivity contribution in [3.63, 3.8) is 0 Å². The molecule has 3 aromatic carbocycles. The van der Waals surface area contributed by atoms with Crippen molar-refractivity contribution in [3.8, 4) is 5.75 Å². The quantitative estimate of drug-likeness (QED) is 0.410. The fourth-order valence-electron chi connectivity index (χ4n) is 4.71. The summed E-state index contributed by atoms with van der Waals surface area (Å²) in [5.74, 6) is -0.357. The van der Waals surface area contributed by atoms with Gasteiger partial charge in [0, 0.05) is 31.9 Å². The first-order chi connectivity index (χ1) is 18.4. The van der Waals surface area contributed by atoms with E-state index in [0.29, 0.717) is 28.8 Å². The number of aromatic nitrogens is 2. The standard InChI is InChI=1S/C29H29N5O4/c1-33(2)29(37)26-30-21-11-8-12-22(25(21)32-26)31-27(35)20-15-14-19(17-24(20)38-3)28(36)34-16-7-6-10-18-9-4-5-13-23(18)34/h4-5,8-9,11-15,17H,6-7,10,16H2,1-3H3,(H,30,32)(H,31,35). The van der Waals surface area contributed by atoms with Gasteiger partial charge in [-0.15, -0.1) is 0 Å². The number of H-pyrrole nitrogens is 1. The molecule has 0 radical (unpaired) electrons. The van der Waals surface area contributed by atoms with Gasteiger partial charge in [-0.3, -0.25) is 14.4 Å². The maximum absolute atomic E-state index is 13.5. The van der Waals surface area contributed by atoms with Crippen molar-refractivity contribution in [2.75, 3.05) is 38.0 Å². The largest absolute Gasteiger partial charge is 0.496 e. The van der Waals surface area contributed by atoms with E-state index in [1.807, 2.05) is 23.1 Å². The molecule has 0 saturated heterocycles. The second kappa shape index (κ2) is 10.4. The summed E-state index contributed by atoms with van der Waals surface area (Å²) in [7, 11) is 4.75. The van der Waals surface area contributed by atoms with Gasteiger partial charge in [-0.05, 0) is 61.2 Å². The number of carbonyl (C=O) groups excluding carboxylic acids is 3. The van der Waals surface area contributed by atoms with Crippen molar-refractivity contribution in [2.24, 2.45) is 0 Å². The average Bonchev–Trinajstić information content (AvgIpc) is 3.26. The van der Waals surface area contributed by atoms with Gasteiger partial charge in [-0.1, -0.05) is 24.3 Å². The van der Waals surface area contributed by atoms with E-state index in [4.69, 9.17) is 4.74 Å². The van der Waals surface area contributed by atoms with E-state index < -0.39 is 5.91 Å². The minimum Gasteiger partial charge on any atom is -0.496 e. The van der Waals surface area contributed by atoms with Gasteiger partial charge in [-0.25, -0.2) is 4.98 Å². The molecule has 194 valence electrons. The number of nitrogens with one attached hydrogen (secondary N) is 2. The lowest BCUT2D eigenvalue weighted by Crippen LogP contribution is -2.31. The number of para-hydroxylation sites is 2. The number of fused-ring (bicyclic) bond motifs is 2. The molecule has 0 saturated carbocycles. The molecule has 0 fully saturated rings. The molecule has 4 aromatic rings. The maximum Gasteiger partial charge on any atom is 0.289 e. The number of hydrogen-bond acceptors (Lipinski definition) is 5. The molecule has 1 aromatic heterocycles. The van der Waals surface area contributed by atoms with Crippen molar-refractivity contribution in [1.29, 1.82) is 0 Å². The number of rotatable bonds is 5. The molecule has 38 heavy (non-hydrogen) atoms. The summed E-state index contributed by atoms with van der Waals surface area (Å²) in [6, 6.07) is 18.1. The number of benzene rings is 3. The van der Waals surface area contributed by atoms with Gasteiger partial charge in [0.2, 0.25) is 0 Å². The van der Waals surface area contributed by atoms with Crippen LogP contribution in [0.25, 0.3) is 11.0 Å². The van der Waals surface area contributed by atoms with Crippen LogP contribution in [-0.2, 0) is 6.42 Å². The molecule has 2 N–H and O–H groups in total. The van der Waals surface area contributed by atoms with Gasteiger partial charge in [0.05, 0.1) is 23.9 Å². The number of hydrogen-bond donors (Lipinski definition) is 2. The van der Waals surface area contributed by atoms with E-state index in [0.717, 1.165) is 30.5 Å². The van der Waals surface area contributed by atoms with Gasteiger partial charge in [0.1, 0.15) is 11.3 Å². The Bertz CT molecular complexity index is 1540. The zero-order chi connectivity index (χ0) is 26.8. The lowest BCUT2D eigenvalue weighted by atomic mass is 10.1. The average molecular weight is 512 g/mol. The highest BCUT2D eigenvalue weighted by Gasteiger charge is 2.24. The normalized spacial score (nSPS) is 13.0. The summed E-state index contributed by atoms with van der Waals surface area (Å²) in [5, 5.41) is 2.87. The van der Waals surface area contributed by atoms with Crippen molar-refractivity contribution >= 4 is 40.1 Å². The molecule has 1 aliphatic rings. The monoisotopic (exact) mass is 511 g/mol. The van der Waals surface area contributed by atoms with Crippen LogP contribution in [-0.4, -0.2) is 60.3 Å². The van der Waals surface area contributed by atoms with Crippen LogP contribution >= 0.6 is 0 Å². The Balaban J connectivity index is 1.42. The van der Waals surface area contributed by atoms with E-state index >= 15 is 0 Å². The third kappa shape index (κ3) is 4.70. The minimum atomic E-state index is -0.419. The number of aromatic amines is 1. The van der Waals surface area contributed by atoms with Crippen molar-refractivity contribution < 1.29 is 19.1 Å². The smallest absolute Gasteiger partial charge is 0.289 e. The highest BCUT2D eigenvalue weighted by atomic mass is 16.5. The van der Waals surface area contributed by atoms with Crippen molar-refractivity contribution in [3.05, 3.63) is 83.2 Å². The summed E-state index contributed by atoms with van der Waals surface area (Å²) in [6.45, 7) is 0.631. The van der Waals surface area contributed by atoms with Crippen LogP contribution in [0.15, 0.2) is 60.7 Å². The Kier molecular flexibility index (Phi) is 6.83. The Morgan fingerprint density at radius 1 is 1.03 bits per heavy atom. The highest BCUT2D eigenvalue weighted by Crippen LogP contribution is 2.30. The van der Waals surface area contributed by atoms with E-state index in [-0.39, 0.29) is 29.0 Å². The molecular weight excluding hydrogens is 482 g/mol. The molecule has 0 aliphatic carbocycles. The first-order valence-corrected chi connectivity index (χ1v) is 12.5. The molecule has 9 heteroatoms. The number of amides is 3. The molecule has 0 spiro atoms. The molecule has 3 amide bonds. The fourth-order valence-corrected chi connectivity index (χ4v) is 4.71.